The van der Waals surface area contributed by atoms with E-state index in [0.29, 0.717) is 5.56 Å². The van der Waals surface area contributed by atoms with Crippen LogP contribution in [0.5, 0.6) is 0 Å². The van der Waals surface area contributed by atoms with Crippen LogP contribution in [0.4, 0.5) is 5.13 Å². The van der Waals surface area contributed by atoms with Crippen molar-refractivity contribution in [2.75, 3.05) is 57.8 Å². The van der Waals surface area contributed by atoms with Crippen molar-refractivity contribution in [3.8, 4) is 0 Å². The Labute approximate surface area is 205 Å². The van der Waals surface area contributed by atoms with Crippen molar-refractivity contribution in [3.05, 3.63) is 59.7 Å². The molecule has 1 aromatic heterocycles. The molecule has 2 N–H and O–H groups in total. The normalized spacial score (nSPS) is 18.2. The smallest absolute Gasteiger partial charge is 0.251 e. The van der Waals surface area contributed by atoms with E-state index < -0.39 is 0 Å². The van der Waals surface area contributed by atoms with Gasteiger partial charge in [-0.15, -0.1) is 0 Å². The number of thiazole rings is 1. The zero-order valence-corrected chi connectivity index (χ0v) is 20.4. The van der Waals surface area contributed by atoms with Crippen molar-refractivity contribution in [1.82, 2.24) is 20.1 Å². The summed E-state index contributed by atoms with van der Waals surface area (Å²) in [7, 11) is 0. The van der Waals surface area contributed by atoms with Crippen LogP contribution in [0.3, 0.4) is 0 Å². The lowest BCUT2D eigenvalue weighted by molar-refractivity contribution is 0.0398. The summed E-state index contributed by atoms with van der Waals surface area (Å²) in [6, 6.07) is 16.6. The van der Waals surface area contributed by atoms with Crippen LogP contribution in [0.25, 0.3) is 10.2 Å². The second kappa shape index (κ2) is 11.3. The number of benzene rings is 2. The molecule has 0 saturated carbocycles. The van der Waals surface area contributed by atoms with Gasteiger partial charge in [0.2, 0.25) is 0 Å². The molecule has 180 valence electrons. The molecule has 0 bridgehead atoms. The molecule has 2 aliphatic heterocycles. The van der Waals surface area contributed by atoms with Crippen LogP contribution in [0.15, 0.2) is 48.5 Å². The molecule has 7 nitrogen and oxygen atoms in total. The van der Waals surface area contributed by atoms with E-state index >= 15 is 0 Å². The SMILES string of the molecule is O=C(NC1CCN(Cc2ccccc2)CC1)c1ccc2nc(NCCN3CCOCC3)sc2c1. The summed E-state index contributed by atoms with van der Waals surface area (Å²) in [5.74, 6) is 0.0126. The van der Waals surface area contributed by atoms with Crippen molar-refractivity contribution >= 4 is 32.6 Å². The Bertz CT molecular complexity index is 1080. The van der Waals surface area contributed by atoms with Crippen LogP contribution in [-0.2, 0) is 11.3 Å². The highest BCUT2D eigenvalue weighted by Gasteiger charge is 2.21. The second-order valence-electron chi connectivity index (χ2n) is 9.09. The fourth-order valence-corrected chi connectivity index (χ4v) is 5.56. The van der Waals surface area contributed by atoms with Crippen LogP contribution in [-0.4, -0.2) is 79.2 Å². The van der Waals surface area contributed by atoms with Crippen LogP contribution in [0.1, 0.15) is 28.8 Å². The predicted octanol–water partition coefficient (Wildman–Crippen LogP) is 3.43. The molecule has 1 amide bonds. The minimum absolute atomic E-state index is 0.0126. The number of fused-ring (bicyclic) bond motifs is 1. The zero-order chi connectivity index (χ0) is 23.2. The van der Waals surface area contributed by atoms with Gasteiger partial charge in [0.15, 0.2) is 5.13 Å². The largest absolute Gasteiger partial charge is 0.379 e. The lowest BCUT2D eigenvalue weighted by Crippen LogP contribution is -2.44. The molecule has 2 fully saturated rings. The molecule has 5 rings (SSSR count). The van der Waals surface area contributed by atoms with Crippen LogP contribution in [0.2, 0.25) is 0 Å². The van der Waals surface area contributed by atoms with Gasteiger partial charge in [-0.3, -0.25) is 14.6 Å². The summed E-state index contributed by atoms with van der Waals surface area (Å²) in [6.07, 6.45) is 1.97. The van der Waals surface area contributed by atoms with Gasteiger partial charge in [0.25, 0.3) is 5.91 Å². The minimum atomic E-state index is 0.0126. The summed E-state index contributed by atoms with van der Waals surface area (Å²) < 4.78 is 6.44. The minimum Gasteiger partial charge on any atom is -0.379 e. The quantitative estimate of drug-likeness (QED) is 0.516. The number of anilines is 1. The van der Waals surface area contributed by atoms with E-state index in [9.17, 15) is 4.79 Å². The highest BCUT2D eigenvalue weighted by Crippen LogP contribution is 2.27. The first-order chi connectivity index (χ1) is 16.7. The fraction of sp³-hybridized carbons (Fsp3) is 0.462. The van der Waals surface area contributed by atoms with E-state index in [-0.39, 0.29) is 11.9 Å². The summed E-state index contributed by atoms with van der Waals surface area (Å²) >= 11 is 1.61. The standard InChI is InChI=1S/C26H33N5O2S/c32-25(28-22-8-11-31(12-9-22)19-20-4-2-1-3-5-20)21-6-7-23-24(18-21)34-26(29-23)27-10-13-30-14-16-33-17-15-30/h1-7,18,22H,8-17,19H2,(H,27,29)(H,28,32). The molecule has 0 unspecified atom stereocenters. The number of hydrogen-bond donors (Lipinski definition) is 2. The maximum absolute atomic E-state index is 12.9. The number of nitrogens with one attached hydrogen (secondary N) is 2. The van der Waals surface area contributed by atoms with Crippen molar-refractivity contribution in [2.24, 2.45) is 0 Å². The molecule has 3 aromatic rings. The molecular weight excluding hydrogens is 446 g/mol. The number of carbonyl (C=O) groups excluding carboxylic acids is 1. The van der Waals surface area contributed by atoms with Gasteiger partial charge in [-0.25, -0.2) is 4.98 Å². The monoisotopic (exact) mass is 479 g/mol. The lowest BCUT2D eigenvalue weighted by Gasteiger charge is -2.32. The fourth-order valence-electron chi connectivity index (χ4n) is 4.63. The Morgan fingerprint density at radius 1 is 1.03 bits per heavy atom. The van der Waals surface area contributed by atoms with Crippen LogP contribution in [0, 0.1) is 0 Å². The third-order valence-corrected chi connectivity index (χ3v) is 7.61. The second-order valence-corrected chi connectivity index (χ2v) is 10.1. The van der Waals surface area contributed by atoms with Gasteiger partial charge in [0.05, 0.1) is 23.4 Å². The molecule has 0 radical (unpaired) electrons. The van der Waals surface area contributed by atoms with Gasteiger partial charge in [0, 0.05) is 57.4 Å². The third kappa shape index (κ3) is 6.13. The van der Waals surface area contributed by atoms with Gasteiger partial charge >= 0.3 is 0 Å². The average Bonchev–Trinajstić information content (AvgIpc) is 3.28. The molecule has 2 aromatic carbocycles. The predicted molar refractivity (Wildman–Crippen MR) is 138 cm³/mol. The number of morpholine rings is 1. The number of nitrogens with zero attached hydrogens (tertiary/aromatic N) is 3. The number of ether oxygens (including phenoxy) is 1. The van der Waals surface area contributed by atoms with E-state index in [0.717, 1.165) is 87.2 Å². The summed E-state index contributed by atoms with van der Waals surface area (Å²) in [6.45, 7) is 8.45. The van der Waals surface area contributed by atoms with Crippen molar-refractivity contribution in [1.29, 1.82) is 0 Å². The van der Waals surface area contributed by atoms with E-state index in [2.05, 4.69) is 55.7 Å². The Morgan fingerprint density at radius 3 is 2.62 bits per heavy atom. The van der Waals surface area contributed by atoms with E-state index in [1.807, 2.05) is 18.2 Å². The zero-order valence-electron chi connectivity index (χ0n) is 19.5. The first-order valence-electron chi connectivity index (χ1n) is 12.2. The summed E-state index contributed by atoms with van der Waals surface area (Å²) in [5, 5.41) is 7.59. The lowest BCUT2D eigenvalue weighted by atomic mass is 10.0. The number of amides is 1. The average molecular weight is 480 g/mol. The van der Waals surface area contributed by atoms with Gasteiger partial charge in [-0.2, -0.15) is 0 Å². The van der Waals surface area contributed by atoms with Crippen LogP contribution >= 0.6 is 11.3 Å². The van der Waals surface area contributed by atoms with Gasteiger partial charge in [-0.1, -0.05) is 41.7 Å². The van der Waals surface area contributed by atoms with Gasteiger partial charge in [-0.05, 0) is 36.6 Å². The molecule has 0 aliphatic carbocycles. The van der Waals surface area contributed by atoms with Crippen molar-refractivity contribution in [2.45, 2.75) is 25.4 Å². The van der Waals surface area contributed by atoms with E-state index in [1.165, 1.54) is 5.56 Å². The van der Waals surface area contributed by atoms with E-state index in [4.69, 9.17) is 4.74 Å². The number of rotatable bonds is 8. The van der Waals surface area contributed by atoms with E-state index in [1.54, 1.807) is 11.3 Å². The van der Waals surface area contributed by atoms with Crippen molar-refractivity contribution < 1.29 is 9.53 Å². The topological polar surface area (TPSA) is 69.7 Å². The molecule has 0 spiro atoms. The number of piperidine rings is 1. The molecule has 3 heterocycles. The summed E-state index contributed by atoms with van der Waals surface area (Å²) in [4.78, 5) is 22.5. The first kappa shape index (κ1) is 23.2. The summed E-state index contributed by atoms with van der Waals surface area (Å²) in [5.41, 5.74) is 2.99. The number of hydrogen-bond acceptors (Lipinski definition) is 7. The Morgan fingerprint density at radius 2 is 1.82 bits per heavy atom. The number of likely N-dealkylation sites (tertiary alicyclic amines) is 1. The Kier molecular flexibility index (Phi) is 7.70. The van der Waals surface area contributed by atoms with Gasteiger partial charge in [0.1, 0.15) is 0 Å². The molecule has 2 aliphatic rings. The van der Waals surface area contributed by atoms with Crippen LogP contribution < -0.4 is 10.6 Å². The number of aromatic nitrogens is 1. The van der Waals surface area contributed by atoms with Gasteiger partial charge < -0.3 is 15.4 Å². The highest BCUT2D eigenvalue weighted by molar-refractivity contribution is 7.22. The molecule has 8 heteroatoms. The molecule has 2 saturated heterocycles. The van der Waals surface area contributed by atoms with Crippen molar-refractivity contribution in [3.63, 3.8) is 0 Å². The molecule has 0 atom stereocenters. The highest BCUT2D eigenvalue weighted by atomic mass is 32.1. The molecule has 34 heavy (non-hydrogen) atoms. The maximum Gasteiger partial charge on any atom is 0.251 e. The first-order valence-corrected chi connectivity index (χ1v) is 13.1. The number of carbonyl (C=O) groups is 1. The third-order valence-electron chi connectivity index (χ3n) is 6.63. The Balaban J connectivity index is 1.10. The Hall–Kier alpha value is -2.52. The maximum atomic E-state index is 12.9. The molecular formula is C26H33N5O2S.